The predicted molar refractivity (Wildman–Crippen MR) is 74.1 cm³/mol. The molecule has 0 aliphatic carbocycles. The topological polar surface area (TPSA) is 37.6 Å². The highest BCUT2D eigenvalue weighted by Gasteiger charge is 2.25. The molecule has 2 unspecified atom stereocenters. The zero-order valence-corrected chi connectivity index (χ0v) is 11.5. The van der Waals surface area contributed by atoms with Crippen molar-refractivity contribution in [3.8, 4) is 0 Å². The Balaban J connectivity index is 1.53. The van der Waals surface area contributed by atoms with Gasteiger partial charge in [-0.1, -0.05) is 0 Å². The molecule has 2 fully saturated rings. The molecule has 2 atom stereocenters. The van der Waals surface area contributed by atoms with E-state index in [0.29, 0.717) is 12.1 Å². The van der Waals surface area contributed by atoms with Gasteiger partial charge < -0.3 is 14.5 Å². The van der Waals surface area contributed by atoms with Gasteiger partial charge in [-0.05, 0) is 50.9 Å². The van der Waals surface area contributed by atoms with E-state index in [2.05, 4.69) is 16.3 Å². The van der Waals surface area contributed by atoms with Gasteiger partial charge in [0.2, 0.25) is 0 Å². The summed E-state index contributed by atoms with van der Waals surface area (Å²) in [5, 5.41) is 3.57. The Morgan fingerprint density at radius 1 is 1.32 bits per heavy atom. The van der Waals surface area contributed by atoms with Crippen LogP contribution < -0.4 is 5.32 Å². The minimum Gasteiger partial charge on any atom is -0.468 e. The molecule has 0 aromatic carbocycles. The first-order chi connectivity index (χ1) is 9.43. The molecule has 1 N–H and O–H groups in total. The summed E-state index contributed by atoms with van der Waals surface area (Å²) >= 11 is 0. The predicted octanol–water partition coefficient (Wildman–Crippen LogP) is 2.19. The lowest BCUT2D eigenvalue weighted by atomic mass is 10.2. The quantitative estimate of drug-likeness (QED) is 0.854. The largest absolute Gasteiger partial charge is 0.468 e. The zero-order valence-electron chi connectivity index (χ0n) is 11.5. The van der Waals surface area contributed by atoms with Gasteiger partial charge in [-0.3, -0.25) is 4.90 Å². The number of likely N-dealkylation sites (tertiary alicyclic amines) is 1. The Bertz CT molecular complexity index is 354. The van der Waals surface area contributed by atoms with Gasteiger partial charge in [0.1, 0.15) is 5.76 Å². The monoisotopic (exact) mass is 264 g/mol. The van der Waals surface area contributed by atoms with Gasteiger partial charge in [-0.2, -0.15) is 0 Å². The summed E-state index contributed by atoms with van der Waals surface area (Å²) in [6, 6.07) is 4.45. The van der Waals surface area contributed by atoms with Gasteiger partial charge in [-0.15, -0.1) is 0 Å². The van der Waals surface area contributed by atoms with Gasteiger partial charge in [0.15, 0.2) is 0 Å². The normalized spacial score (nSPS) is 26.0. The summed E-state index contributed by atoms with van der Waals surface area (Å²) in [7, 11) is 0. The maximum Gasteiger partial charge on any atom is 0.122 e. The highest BCUT2D eigenvalue weighted by Crippen LogP contribution is 2.25. The van der Waals surface area contributed by atoms with E-state index >= 15 is 0 Å². The third-order valence-corrected chi connectivity index (χ3v) is 4.19. The Labute approximate surface area is 115 Å². The first kappa shape index (κ1) is 13.2. The maximum absolute atomic E-state index is 5.65. The molecule has 0 saturated carbocycles. The van der Waals surface area contributed by atoms with Crippen LogP contribution in [0.2, 0.25) is 0 Å². The molecule has 3 heterocycles. The third-order valence-electron chi connectivity index (χ3n) is 4.19. The summed E-state index contributed by atoms with van der Waals surface area (Å²) in [6.07, 6.45) is 7.21. The van der Waals surface area contributed by atoms with E-state index in [0.717, 1.165) is 25.5 Å². The summed E-state index contributed by atoms with van der Waals surface area (Å²) < 4.78 is 11.3. The van der Waals surface area contributed by atoms with E-state index in [-0.39, 0.29) is 0 Å². The SMILES string of the molecule is c1coc(C(CNCC2CCCO2)N2CCCC2)c1. The summed E-state index contributed by atoms with van der Waals surface area (Å²) in [5.41, 5.74) is 0. The molecule has 19 heavy (non-hydrogen) atoms. The molecule has 0 bridgehead atoms. The van der Waals surface area contributed by atoms with Crippen LogP contribution >= 0.6 is 0 Å². The van der Waals surface area contributed by atoms with Gasteiger partial charge in [0.25, 0.3) is 0 Å². The van der Waals surface area contributed by atoms with Crippen molar-refractivity contribution < 1.29 is 9.15 Å². The van der Waals surface area contributed by atoms with Crippen LogP contribution in [0.25, 0.3) is 0 Å². The van der Waals surface area contributed by atoms with E-state index in [4.69, 9.17) is 9.15 Å². The van der Waals surface area contributed by atoms with Gasteiger partial charge in [-0.25, -0.2) is 0 Å². The van der Waals surface area contributed by atoms with Crippen LogP contribution in [0.1, 0.15) is 37.5 Å². The smallest absolute Gasteiger partial charge is 0.122 e. The van der Waals surface area contributed by atoms with Crippen LogP contribution in [0.15, 0.2) is 22.8 Å². The second kappa shape index (κ2) is 6.55. The molecule has 2 saturated heterocycles. The first-order valence-electron chi connectivity index (χ1n) is 7.53. The molecule has 3 rings (SSSR count). The number of hydrogen-bond donors (Lipinski definition) is 1. The molecule has 4 heteroatoms. The van der Waals surface area contributed by atoms with E-state index in [9.17, 15) is 0 Å². The Hall–Kier alpha value is -0.840. The standard InChI is InChI=1S/C15H24N2O2/c1-2-8-17(7-1)14(15-6-4-10-19-15)12-16-11-13-5-3-9-18-13/h4,6,10,13-14,16H,1-3,5,7-9,11-12H2. The molecule has 2 aliphatic heterocycles. The minimum absolute atomic E-state index is 0.374. The molecular weight excluding hydrogens is 240 g/mol. The van der Waals surface area contributed by atoms with E-state index < -0.39 is 0 Å². The zero-order chi connectivity index (χ0) is 12.9. The Morgan fingerprint density at radius 2 is 2.21 bits per heavy atom. The van der Waals surface area contributed by atoms with E-state index in [1.165, 1.54) is 38.8 Å². The lowest BCUT2D eigenvalue weighted by Gasteiger charge is -2.26. The molecule has 2 aliphatic rings. The number of nitrogens with one attached hydrogen (secondary N) is 1. The van der Waals surface area contributed by atoms with Crippen molar-refractivity contribution in [2.75, 3.05) is 32.8 Å². The Morgan fingerprint density at radius 3 is 2.89 bits per heavy atom. The minimum atomic E-state index is 0.374. The fraction of sp³-hybridized carbons (Fsp3) is 0.733. The molecule has 1 aromatic rings. The Kier molecular flexibility index (Phi) is 4.53. The fourth-order valence-corrected chi connectivity index (χ4v) is 3.13. The van der Waals surface area contributed by atoms with Gasteiger partial charge in [0.05, 0.1) is 18.4 Å². The average Bonchev–Trinajstić information content (AvgIpc) is 3.15. The van der Waals surface area contributed by atoms with E-state index in [1.54, 1.807) is 6.26 Å². The molecule has 4 nitrogen and oxygen atoms in total. The van der Waals surface area contributed by atoms with Crippen LogP contribution in [0, 0.1) is 0 Å². The highest BCUT2D eigenvalue weighted by atomic mass is 16.5. The van der Waals surface area contributed by atoms with Crippen LogP contribution in [-0.4, -0.2) is 43.8 Å². The van der Waals surface area contributed by atoms with Gasteiger partial charge in [0, 0.05) is 19.7 Å². The van der Waals surface area contributed by atoms with Gasteiger partial charge >= 0.3 is 0 Å². The first-order valence-corrected chi connectivity index (χ1v) is 7.53. The molecule has 1 aromatic heterocycles. The maximum atomic E-state index is 5.65. The summed E-state index contributed by atoms with van der Waals surface area (Å²) in [5.74, 6) is 1.08. The lowest BCUT2D eigenvalue weighted by Crippen LogP contribution is -2.36. The van der Waals surface area contributed by atoms with Crippen molar-refractivity contribution in [3.05, 3.63) is 24.2 Å². The third kappa shape index (κ3) is 3.38. The highest BCUT2D eigenvalue weighted by molar-refractivity contribution is 5.06. The fourth-order valence-electron chi connectivity index (χ4n) is 3.13. The van der Waals surface area contributed by atoms with Crippen molar-refractivity contribution >= 4 is 0 Å². The molecular formula is C15H24N2O2. The average molecular weight is 264 g/mol. The number of furan rings is 1. The lowest BCUT2D eigenvalue weighted by molar-refractivity contribution is 0.106. The van der Waals surface area contributed by atoms with Crippen molar-refractivity contribution in [3.63, 3.8) is 0 Å². The van der Waals surface area contributed by atoms with Crippen molar-refractivity contribution in [2.24, 2.45) is 0 Å². The molecule has 0 spiro atoms. The second-order valence-corrected chi connectivity index (χ2v) is 5.57. The number of rotatable bonds is 6. The molecule has 0 amide bonds. The van der Waals surface area contributed by atoms with Crippen LogP contribution in [0.3, 0.4) is 0 Å². The van der Waals surface area contributed by atoms with Crippen molar-refractivity contribution in [1.82, 2.24) is 10.2 Å². The number of nitrogens with zero attached hydrogens (tertiary/aromatic N) is 1. The van der Waals surface area contributed by atoms with Crippen molar-refractivity contribution in [2.45, 2.75) is 37.8 Å². The second-order valence-electron chi connectivity index (χ2n) is 5.57. The van der Waals surface area contributed by atoms with Crippen LogP contribution in [0.4, 0.5) is 0 Å². The number of hydrogen-bond acceptors (Lipinski definition) is 4. The number of ether oxygens (including phenoxy) is 1. The van der Waals surface area contributed by atoms with E-state index in [1.807, 2.05) is 6.07 Å². The van der Waals surface area contributed by atoms with Crippen LogP contribution in [0.5, 0.6) is 0 Å². The van der Waals surface area contributed by atoms with Crippen molar-refractivity contribution in [1.29, 1.82) is 0 Å². The summed E-state index contributed by atoms with van der Waals surface area (Å²) in [4.78, 5) is 2.53. The van der Waals surface area contributed by atoms with Crippen LogP contribution in [-0.2, 0) is 4.74 Å². The summed E-state index contributed by atoms with van der Waals surface area (Å²) in [6.45, 7) is 5.22. The molecule has 0 radical (unpaired) electrons. The molecule has 106 valence electrons.